The third-order valence-corrected chi connectivity index (χ3v) is 4.66. The van der Waals surface area contributed by atoms with Crippen LogP contribution in [0.4, 0.5) is 0 Å². The first-order chi connectivity index (χ1) is 12.6. The minimum Gasteiger partial charge on any atom is -0.439 e. The number of benzene rings is 1. The summed E-state index contributed by atoms with van der Waals surface area (Å²) in [5, 5.41) is 13.2. The third-order valence-electron chi connectivity index (χ3n) is 4.66. The molecule has 1 aromatic carbocycles. The number of pyridine rings is 1. The number of carbonyl (C=O) groups excluding carboxylic acids is 1. The second-order valence-corrected chi connectivity index (χ2v) is 6.72. The van der Waals surface area contributed by atoms with Gasteiger partial charge in [-0.25, -0.2) is 4.98 Å². The number of nitrogens with one attached hydrogen (secondary N) is 1. The molecule has 2 atom stereocenters. The molecule has 6 nitrogen and oxygen atoms in total. The zero-order chi connectivity index (χ0) is 18.4. The number of nitrogens with two attached hydrogens (primary N) is 1. The summed E-state index contributed by atoms with van der Waals surface area (Å²) in [5.74, 6) is 0.599. The highest BCUT2D eigenvalue weighted by Gasteiger charge is 2.19. The highest BCUT2D eigenvalue weighted by Crippen LogP contribution is 2.21. The topological polar surface area (TPSA) is 97.5 Å². The van der Waals surface area contributed by atoms with Gasteiger partial charge in [-0.2, -0.15) is 0 Å². The summed E-state index contributed by atoms with van der Waals surface area (Å²) < 4.78 is 5.67. The van der Waals surface area contributed by atoms with Crippen molar-refractivity contribution in [3.63, 3.8) is 0 Å². The van der Waals surface area contributed by atoms with Crippen molar-refractivity contribution in [2.24, 2.45) is 5.73 Å². The van der Waals surface area contributed by atoms with Gasteiger partial charge in [0.05, 0.1) is 11.7 Å². The first-order valence-electron chi connectivity index (χ1n) is 9.04. The summed E-state index contributed by atoms with van der Waals surface area (Å²) in [4.78, 5) is 15.1. The molecule has 0 saturated heterocycles. The summed E-state index contributed by atoms with van der Waals surface area (Å²) in [6, 6.07) is 11.5. The summed E-state index contributed by atoms with van der Waals surface area (Å²) >= 11 is 0. The van der Waals surface area contributed by atoms with Crippen molar-refractivity contribution >= 4 is 5.91 Å². The molecule has 1 fully saturated rings. The van der Waals surface area contributed by atoms with Gasteiger partial charge in [-0.1, -0.05) is 12.1 Å². The molecule has 0 bridgehead atoms. The van der Waals surface area contributed by atoms with Crippen molar-refractivity contribution in [1.82, 2.24) is 10.3 Å². The Kier molecular flexibility index (Phi) is 6.20. The van der Waals surface area contributed by atoms with Crippen LogP contribution in [-0.4, -0.2) is 34.7 Å². The SMILES string of the molecule is NC(=O)c1ccc(Oc2ccc(CCN[C@@H]3CCC[C@@H](O)C3)cc2)nc1. The number of nitrogens with zero attached hydrogens (tertiary/aromatic N) is 1. The Balaban J connectivity index is 1.46. The Bertz CT molecular complexity index is 716. The molecule has 138 valence electrons. The van der Waals surface area contributed by atoms with Gasteiger partial charge in [-0.05, 0) is 62.4 Å². The average Bonchev–Trinajstić information content (AvgIpc) is 2.64. The van der Waals surface area contributed by atoms with Gasteiger partial charge in [-0.3, -0.25) is 4.79 Å². The lowest BCUT2D eigenvalue weighted by molar-refractivity contribution is 0.0999. The zero-order valence-electron chi connectivity index (χ0n) is 14.7. The smallest absolute Gasteiger partial charge is 0.250 e. The number of aliphatic hydroxyl groups excluding tert-OH is 1. The van der Waals surface area contributed by atoms with E-state index >= 15 is 0 Å². The molecule has 26 heavy (non-hydrogen) atoms. The molecule has 1 aliphatic carbocycles. The van der Waals surface area contributed by atoms with E-state index in [1.807, 2.05) is 24.3 Å². The lowest BCUT2D eigenvalue weighted by Crippen LogP contribution is -2.37. The normalized spacial score (nSPS) is 19.9. The van der Waals surface area contributed by atoms with Gasteiger partial charge < -0.3 is 20.9 Å². The average molecular weight is 355 g/mol. The summed E-state index contributed by atoms with van der Waals surface area (Å²) in [6.07, 6.45) is 6.21. The fourth-order valence-electron chi connectivity index (χ4n) is 3.20. The van der Waals surface area contributed by atoms with E-state index < -0.39 is 5.91 Å². The summed E-state index contributed by atoms with van der Waals surface area (Å²) in [6.45, 7) is 0.897. The maximum Gasteiger partial charge on any atom is 0.250 e. The molecule has 4 N–H and O–H groups in total. The number of ether oxygens (including phenoxy) is 1. The molecule has 0 spiro atoms. The van der Waals surface area contributed by atoms with Gasteiger partial charge in [0, 0.05) is 18.3 Å². The standard InChI is InChI=1S/C20H25N3O3/c21-20(25)15-6-9-19(23-13-15)26-18-7-4-14(5-8-18)10-11-22-16-2-1-3-17(24)12-16/h4-9,13,16-17,22,24H,1-3,10-12H2,(H2,21,25)/t16-,17-/m1/s1. The second kappa shape index (κ2) is 8.78. The summed E-state index contributed by atoms with van der Waals surface area (Å²) in [5.41, 5.74) is 6.76. The second-order valence-electron chi connectivity index (χ2n) is 6.72. The van der Waals surface area contributed by atoms with E-state index in [0.717, 1.165) is 38.6 Å². The van der Waals surface area contributed by atoms with E-state index in [-0.39, 0.29) is 6.10 Å². The number of primary amides is 1. The molecule has 1 aromatic heterocycles. The number of carbonyl (C=O) groups is 1. The highest BCUT2D eigenvalue weighted by molar-refractivity contribution is 5.92. The van der Waals surface area contributed by atoms with Crippen LogP contribution in [0.15, 0.2) is 42.6 Å². The van der Waals surface area contributed by atoms with Crippen LogP contribution in [0.1, 0.15) is 41.6 Å². The van der Waals surface area contributed by atoms with E-state index in [0.29, 0.717) is 23.2 Å². The molecule has 0 aliphatic heterocycles. The molecule has 1 heterocycles. The Morgan fingerprint density at radius 3 is 2.69 bits per heavy atom. The first-order valence-corrected chi connectivity index (χ1v) is 9.04. The molecule has 0 radical (unpaired) electrons. The minimum atomic E-state index is -0.509. The number of amides is 1. The van der Waals surface area contributed by atoms with E-state index in [1.165, 1.54) is 11.8 Å². The van der Waals surface area contributed by atoms with Crippen LogP contribution in [0.3, 0.4) is 0 Å². The Morgan fingerprint density at radius 1 is 1.23 bits per heavy atom. The number of aromatic nitrogens is 1. The van der Waals surface area contributed by atoms with Crippen LogP contribution in [0.5, 0.6) is 11.6 Å². The zero-order valence-corrected chi connectivity index (χ0v) is 14.7. The van der Waals surface area contributed by atoms with Crippen LogP contribution in [0, 0.1) is 0 Å². The van der Waals surface area contributed by atoms with E-state index in [1.54, 1.807) is 12.1 Å². The number of hydrogen-bond donors (Lipinski definition) is 3. The van der Waals surface area contributed by atoms with Crippen LogP contribution in [0.25, 0.3) is 0 Å². The number of hydrogen-bond acceptors (Lipinski definition) is 5. The van der Waals surface area contributed by atoms with Gasteiger partial charge in [0.2, 0.25) is 11.8 Å². The van der Waals surface area contributed by atoms with E-state index in [4.69, 9.17) is 10.5 Å². The monoisotopic (exact) mass is 355 g/mol. The van der Waals surface area contributed by atoms with Crippen LogP contribution in [0.2, 0.25) is 0 Å². The molecule has 6 heteroatoms. The quantitative estimate of drug-likeness (QED) is 0.708. The molecule has 1 aliphatic rings. The lowest BCUT2D eigenvalue weighted by Gasteiger charge is -2.26. The highest BCUT2D eigenvalue weighted by atomic mass is 16.5. The van der Waals surface area contributed by atoms with Crippen molar-refractivity contribution in [2.45, 2.75) is 44.2 Å². The largest absolute Gasteiger partial charge is 0.439 e. The molecule has 1 saturated carbocycles. The third kappa shape index (κ3) is 5.28. The Labute approximate surface area is 153 Å². The van der Waals surface area contributed by atoms with Crippen LogP contribution >= 0.6 is 0 Å². The van der Waals surface area contributed by atoms with Crippen LogP contribution < -0.4 is 15.8 Å². The van der Waals surface area contributed by atoms with Crippen molar-refractivity contribution in [3.05, 3.63) is 53.7 Å². The number of aliphatic hydroxyl groups is 1. The molecular weight excluding hydrogens is 330 g/mol. The minimum absolute atomic E-state index is 0.150. The fourth-order valence-corrected chi connectivity index (χ4v) is 3.20. The van der Waals surface area contributed by atoms with E-state index in [9.17, 15) is 9.90 Å². The predicted octanol–water partition coefficient (Wildman–Crippen LogP) is 2.41. The van der Waals surface area contributed by atoms with Gasteiger partial charge in [0.25, 0.3) is 0 Å². The molecule has 2 aromatic rings. The molecular formula is C20H25N3O3. The van der Waals surface area contributed by atoms with Gasteiger partial charge in [0.15, 0.2) is 0 Å². The molecule has 3 rings (SSSR count). The van der Waals surface area contributed by atoms with E-state index in [2.05, 4.69) is 10.3 Å². The Morgan fingerprint density at radius 2 is 2.04 bits per heavy atom. The maximum absolute atomic E-state index is 11.0. The Hall–Kier alpha value is -2.44. The fraction of sp³-hybridized carbons (Fsp3) is 0.400. The lowest BCUT2D eigenvalue weighted by atomic mass is 9.93. The van der Waals surface area contributed by atoms with Gasteiger partial charge in [0.1, 0.15) is 5.75 Å². The van der Waals surface area contributed by atoms with Crippen molar-refractivity contribution in [1.29, 1.82) is 0 Å². The van der Waals surface area contributed by atoms with Gasteiger partial charge in [-0.15, -0.1) is 0 Å². The maximum atomic E-state index is 11.0. The van der Waals surface area contributed by atoms with Gasteiger partial charge >= 0.3 is 0 Å². The van der Waals surface area contributed by atoms with Crippen LogP contribution in [-0.2, 0) is 6.42 Å². The molecule has 1 amide bonds. The summed E-state index contributed by atoms with van der Waals surface area (Å²) in [7, 11) is 0. The van der Waals surface area contributed by atoms with Crippen molar-refractivity contribution in [2.75, 3.05) is 6.54 Å². The van der Waals surface area contributed by atoms with Crippen molar-refractivity contribution in [3.8, 4) is 11.6 Å². The van der Waals surface area contributed by atoms with Crippen molar-refractivity contribution < 1.29 is 14.6 Å². The molecule has 0 unspecified atom stereocenters. The predicted molar refractivity (Wildman–Crippen MR) is 99.2 cm³/mol. The first kappa shape index (κ1) is 18.4. The number of rotatable bonds is 7.